The fourth-order valence-electron chi connectivity index (χ4n) is 4.05. The van der Waals surface area contributed by atoms with E-state index in [4.69, 9.17) is 4.74 Å². The summed E-state index contributed by atoms with van der Waals surface area (Å²) in [5, 5.41) is 6.90. The molecule has 1 aliphatic rings. The fourth-order valence-corrected chi connectivity index (χ4v) is 5.07. The molecule has 2 aromatic carbocycles. The summed E-state index contributed by atoms with van der Waals surface area (Å²) in [6.45, 7) is 6.00. The topological polar surface area (TPSA) is 134 Å². The summed E-state index contributed by atoms with van der Waals surface area (Å²) >= 11 is 0. The summed E-state index contributed by atoms with van der Waals surface area (Å²) in [5.41, 5.74) is -0.663. The molecule has 1 saturated heterocycles. The maximum atomic E-state index is 13.1. The molecule has 3 N–H and O–H groups in total. The van der Waals surface area contributed by atoms with Crippen molar-refractivity contribution in [2.45, 2.75) is 63.0 Å². The molecule has 3 rings (SSSR count). The summed E-state index contributed by atoms with van der Waals surface area (Å²) in [7, 11) is -3.95. The van der Waals surface area contributed by atoms with E-state index >= 15 is 0 Å². The Morgan fingerprint density at radius 3 is 2.35 bits per heavy atom. The highest BCUT2D eigenvalue weighted by Gasteiger charge is 2.28. The first kappa shape index (κ1) is 28.4. The van der Waals surface area contributed by atoms with E-state index in [-0.39, 0.29) is 23.8 Å². The van der Waals surface area contributed by atoms with Gasteiger partial charge < -0.3 is 20.3 Å². The number of benzene rings is 2. The number of fused-ring (bicyclic) bond motifs is 1. The maximum absolute atomic E-state index is 13.1. The van der Waals surface area contributed by atoms with Crippen molar-refractivity contribution in [3.63, 3.8) is 0 Å². The summed E-state index contributed by atoms with van der Waals surface area (Å²) < 4.78 is 33.1. The number of ether oxygens (including phenoxy) is 1. The summed E-state index contributed by atoms with van der Waals surface area (Å²) in [5.74, 6) is -0.895. The molecule has 0 aromatic heterocycles. The number of carbonyl (C=O) groups excluding carboxylic acids is 3. The van der Waals surface area contributed by atoms with Crippen LogP contribution in [0, 0.1) is 0 Å². The van der Waals surface area contributed by atoms with Gasteiger partial charge >= 0.3 is 6.09 Å². The molecule has 0 radical (unpaired) electrons. The summed E-state index contributed by atoms with van der Waals surface area (Å²) in [4.78, 5) is 39.5. The Balaban J connectivity index is 1.61. The largest absolute Gasteiger partial charge is 0.444 e. The van der Waals surface area contributed by atoms with Crippen LogP contribution in [-0.2, 0) is 24.3 Å². The van der Waals surface area contributed by atoms with Gasteiger partial charge in [-0.1, -0.05) is 30.3 Å². The highest BCUT2D eigenvalue weighted by atomic mass is 32.2. The van der Waals surface area contributed by atoms with E-state index in [0.29, 0.717) is 13.1 Å². The SMILES string of the molecule is CC(C)(C)OC(=O)NCCC(NC(=O)CNS(=O)(=O)c1ccc2ccccc2c1)C(=O)N1CCCCC1. The number of nitrogens with one attached hydrogen (secondary N) is 3. The first-order valence-electron chi connectivity index (χ1n) is 12.5. The van der Waals surface area contributed by atoms with Crippen LogP contribution in [-0.4, -0.2) is 69.0 Å². The number of sulfonamides is 1. The van der Waals surface area contributed by atoms with E-state index in [1.54, 1.807) is 37.8 Å². The molecular weight excluding hydrogens is 496 g/mol. The molecule has 1 heterocycles. The van der Waals surface area contributed by atoms with Gasteiger partial charge in [-0.05, 0) is 69.4 Å². The van der Waals surface area contributed by atoms with E-state index in [0.717, 1.165) is 30.0 Å². The van der Waals surface area contributed by atoms with E-state index in [2.05, 4.69) is 15.4 Å². The van der Waals surface area contributed by atoms with Gasteiger partial charge in [0.05, 0.1) is 11.4 Å². The zero-order valence-corrected chi connectivity index (χ0v) is 22.4. The lowest BCUT2D eigenvalue weighted by atomic mass is 10.1. The molecule has 37 heavy (non-hydrogen) atoms. The molecule has 202 valence electrons. The summed E-state index contributed by atoms with van der Waals surface area (Å²) in [6.07, 6.45) is 2.32. The van der Waals surface area contributed by atoms with Crippen molar-refractivity contribution in [1.82, 2.24) is 20.3 Å². The van der Waals surface area contributed by atoms with Crippen LogP contribution in [0.4, 0.5) is 4.79 Å². The molecule has 1 fully saturated rings. The third-order valence-corrected chi connectivity index (χ3v) is 7.26. The molecule has 0 bridgehead atoms. The van der Waals surface area contributed by atoms with Crippen molar-refractivity contribution in [2.75, 3.05) is 26.2 Å². The Bertz CT molecular complexity index is 1220. The van der Waals surface area contributed by atoms with E-state index in [1.165, 1.54) is 6.07 Å². The normalized spacial score (nSPS) is 15.2. The average Bonchev–Trinajstić information content (AvgIpc) is 2.85. The van der Waals surface area contributed by atoms with Gasteiger partial charge in [0, 0.05) is 19.6 Å². The Kier molecular flexibility index (Phi) is 9.50. The first-order valence-corrected chi connectivity index (χ1v) is 14.0. The summed E-state index contributed by atoms with van der Waals surface area (Å²) in [6, 6.07) is 11.2. The van der Waals surface area contributed by atoms with Crippen LogP contribution in [0.2, 0.25) is 0 Å². The zero-order chi connectivity index (χ0) is 27.1. The molecular formula is C26H36N4O6S. The lowest BCUT2D eigenvalue weighted by Crippen LogP contribution is -2.52. The van der Waals surface area contributed by atoms with Gasteiger partial charge in [0.1, 0.15) is 11.6 Å². The second-order valence-electron chi connectivity index (χ2n) is 10.1. The Morgan fingerprint density at radius 1 is 1.00 bits per heavy atom. The first-order chi connectivity index (χ1) is 17.4. The number of nitrogens with zero attached hydrogens (tertiary/aromatic N) is 1. The Morgan fingerprint density at radius 2 is 1.68 bits per heavy atom. The number of rotatable bonds is 9. The van der Waals surface area contributed by atoms with Crippen LogP contribution in [0.3, 0.4) is 0 Å². The molecule has 0 aliphatic carbocycles. The van der Waals surface area contributed by atoms with Crippen molar-refractivity contribution < 1.29 is 27.5 Å². The highest BCUT2D eigenvalue weighted by Crippen LogP contribution is 2.19. The van der Waals surface area contributed by atoms with Crippen molar-refractivity contribution in [2.24, 2.45) is 0 Å². The molecule has 11 heteroatoms. The van der Waals surface area contributed by atoms with Gasteiger partial charge in [0.15, 0.2) is 0 Å². The Labute approximate surface area is 218 Å². The van der Waals surface area contributed by atoms with E-state index < -0.39 is 40.2 Å². The average molecular weight is 533 g/mol. The van der Waals surface area contributed by atoms with Crippen LogP contribution in [0.15, 0.2) is 47.4 Å². The third kappa shape index (κ3) is 8.71. The van der Waals surface area contributed by atoms with Crippen LogP contribution >= 0.6 is 0 Å². The van der Waals surface area contributed by atoms with Gasteiger partial charge in [0.25, 0.3) is 0 Å². The van der Waals surface area contributed by atoms with Crippen LogP contribution < -0.4 is 15.4 Å². The number of carbonyl (C=O) groups is 3. The number of hydrogen-bond acceptors (Lipinski definition) is 6. The lowest BCUT2D eigenvalue weighted by molar-refractivity contribution is -0.137. The fraction of sp³-hybridized carbons (Fsp3) is 0.500. The van der Waals surface area contributed by atoms with Gasteiger partial charge in [-0.3, -0.25) is 9.59 Å². The van der Waals surface area contributed by atoms with E-state index in [9.17, 15) is 22.8 Å². The molecule has 1 aliphatic heterocycles. The van der Waals surface area contributed by atoms with Crippen molar-refractivity contribution >= 4 is 38.7 Å². The number of alkyl carbamates (subject to hydrolysis) is 1. The van der Waals surface area contributed by atoms with E-state index in [1.807, 2.05) is 24.3 Å². The molecule has 0 spiro atoms. The molecule has 3 amide bonds. The van der Waals surface area contributed by atoms with Crippen LogP contribution in [0.25, 0.3) is 10.8 Å². The van der Waals surface area contributed by atoms with Gasteiger partial charge in [-0.25, -0.2) is 17.9 Å². The quantitative estimate of drug-likeness (QED) is 0.454. The molecule has 1 unspecified atom stereocenters. The molecule has 0 saturated carbocycles. The minimum atomic E-state index is -3.95. The molecule has 2 aromatic rings. The predicted octanol–water partition coefficient (Wildman–Crippen LogP) is 2.53. The molecule has 10 nitrogen and oxygen atoms in total. The lowest BCUT2D eigenvalue weighted by Gasteiger charge is -2.31. The number of likely N-dealkylation sites (tertiary alicyclic amines) is 1. The third-order valence-electron chi connectivity index (χ3n) is 5.86. The van der Waals surface area contributed by atoms with Gasteiger partial charge in [0.2, 0.25) is 21.8 Å². The van der Waals surface area contributed by atoms with Crippen molar-refractivity contribution in [3.05, 3.63) is 42.5 Å². The second kappa shape index (κ2) is 12.4. The Hall–Kier alpha value is -3.18. The smallest absolute Gasteiger partial charge is 0.407 e. The minimum absolute atomic E-state index is 0.0431. The van der Waals surface area contributed by atoms with Crippen LogP contribution in [0.1, 0.15) is 46.5 Å². The van der Waals surface area contributed by atoms with Gasteiger partial charge in [-0.15, -0.1) is 0 Å². The van der Waals surface area contributed by atoms with Crippen molar-refractivity contribution in [3.8, 4) is 0 Å². The van der Waals surface area contributed by atoms with Gasteiger partial charge in [-0.2, -0.15) is 0 Å². The monoisotopic (exact) mass is 532 g/mol. The number of piperidine rings is 1. The standard InChI is InChI=1S/C26H36N4O6S/c1-26(2,3)36-25(33)27-14-13-22(24(32)30-15-7-4-8-16-30)29-23(31)18-28-37(34,35)21-12-11-19-9-5-6-10-20(19)17-21/h5-6,9-12,17,22,28H,4,7-8,13-16,18H2,1-3H3,(H,27,33)(H,29,31). The predicted molar refractivity (Wildman–Crippen MR) is 140 cm³/mol. The minimum Gasteiger partial charge on any atom is -0.444 e. The maximum Gasteiger partial charge on any atom is 0.407 e. The number of amides is 3. The van der Waals surface area contributed by atoms with Crippen molar-refractivity contribution in [1.29, 1.82) is 0 Å². The molecule has 1 atom stereocenters. The second-order valence-corrected chi connectivity index (χ2v) is 11.8. The zero-order valence-electron chi connectivity index (χ0n) is 21.6. The highest BCUT2D eigenvalue weighted by molar-refractivity contribution is 7.89. The number of hydrogen-bond donors (Lipinski definition) is 3. The van der Waals surface area contributed by atoms with Crippen LogP contribution in [0.5, 0.6) is 0 Å².